The number of aromatic amines is 1. The molecule has 0 aliphatic heterocycles. The molecule has 30 heavy (non-hydrogen) atoms. The second-order valence-corrected chi connectivity index (χ2v) is 6.85. The number of H-pyrrole nitrogens is 1. The van der Waals surface area contributed by atoms with Gasteiger partial charge < -0.3 is 9.47 Å². The predicted molar refractivity (Wildman–Crippen MR) is 121 cm³/mol. The number of hydrogen-bond acceptors (Lipinski definition) is 5. The smallest absolute Gasteiger partial charge is 0.216 e. The van der Waals surface area contributed by atoms with E-state index in [0.29, 0.717) is 22.1 Å². The van der Waals surface area contributed by atoms with Gasteiger partial charge in [0.15, 0.2) is 17.3 Å². The predicted octanol–water partition coefficient (Wildman–Crippen LogP) is 5.17. The fraction of sp³-hybridized carbons (Fsp3) is 0.0870. The van der Waals surface area contributed by atoms with E-state index in [1.165, 1.54) is 5.56 Å². The minimum Gasteiger partial charge on any atom is -0.493 e. The molecular formula is C23H20N4O2S. The molecule has 0 unspecified atom stereocenters. The first-order chi connectivity index (χ1) is 14.7. The van der Waals surface area contributed by atoms with Crippen LogP contribution in [0.3, 0.4) is 0 Å². The summed E-state index contributed by atoms with van der Waals surface area (Å²) in [7, 11) is 3.19. The van der Waals surface area contributed by atoms with Gasteiger partial charge in [-0.25, -0.2) is 5.10 Å². The summed E-state index contributed by atoms with van der Waals surface area (Å²) in [5, 5.41) is 11.7. The van der Waals surface area contributed by atoms with Crippen LogP contribution >= 0.6 is 12.2 Å². The first-order valence-electron chi connectivity index (χ1n) is 9.29. The van der Waals surface area contributed by atoms with Crippen LogP contribution in [0.1, 0.15) is 5.56 Å². The zero-order chi connectivity index (χ0) is 20.9. The second-order valence-electron chi connectivity index (χ2n) is 6.47. The number of benzene rings is 3. The maximum absolute atomic E-state index is 5.39. The highest BCUT2D eigenvalue weighted by molar-refractivity contribution is 7.71. The molecule has 4 rings (SSSR count). The molecule has 0 saturated heterocycles. The van der Waals surface area contributed by atoms with Gasteiger partial charge in [0.1, 0.15) is 0 Å². The summed E-state index contributed by atoms with van der Waals surface area (Å²) >= 11 is 5.36. The summed E-state index contributed by atoms with van der Waals surface area (Å²) in [5.41, 5.74) is 4.08. The van der Waals surface area contributed by atoms with Gasteiger partial charge in [-0.05, 0) is 47.1 Å². The van der Waals surface area contributed by atoms with E-state index in [-0.39, 0.29) is 0 Å². The van der Waals surface area contributed by atoms with E-state index in [1.54, 1.807) is 25.1 Å². The highest BCUT2D eigenvalue weighted by Gasteiger charge is 2.12. The Morgan fingerprint density at radius 1 is 0.867 bits per heavy atom. The maximum atomic E-state index is 5.39. The lowest BCUT2D eigenvalue weighted by atomic mass is 10.0. The molecule has 0 aliphatic rings. The number of nitrogens with one attached hydrogen (secondary N) is 1. The lowest BCUT2D eigenvalue weighted by Crippen LogP contribution is -1.96. The fourth-order valence-electron chi connectivity index (χ4n) is 3.08. The van der Waals surface area contributed by atoms with E-state index >= 15 is 0 Å². The first-order valence-corrected chi connectivity index (χ1v) is 9.70. The summed E-state index contributed by atoms with van der Waals surface area (Å²) in [6, 6.07) is 24.0. The Morgan fingerprint density at radius 2 is 1.53 bits per heavy atom. The van der Waals surface area contributed by atoms with E-state index in [1.807, 2.05) is 48.5 Å². The monoisotopic (exact) mass is 416 g/mol. The molecule has 0 bridgehead atoms. The molecule has 0 fully saturated rings. The Labute approximate surface area is 179 Å². The lowest BCUT2D eigenvalue weighted by Gasteiger charge is -2.09. The molecule has 7 heteroatoms. The summed E-state index contributed by atoms with van der Waals surface area (Å²) < 4.78 is 12.7. The molecule has 0 atom stereocenters. The molecular weight excluding hydrogens is 396 g/mol. The van der Waals surface area contributed by atoms with Gasteiger partial charge >= 0.3 is 0 Å². The molecule has 0 spiro atoms. The minimum absolute atomic E-state index is 0.400. The third-order valence-electron chi connectivity index (χ3n) is 4.63. The average molecular weight is 417 g/mol. The van der Waals surface area contributed by atoms with Crippen LogP contribution in [0, 0.1) is 4.77 Å². The Hall–Kier alpha value is -3.71. The van der Waals surface area contributed by atoms with Gasteiger partial charge in [0.25, 0.3) is 0 Å². The van der Waals surface area contributed by atoms with Crippen molar-refractivity contribution in [3.05, 3.63) is 83.1 Å². The fourth-order valence-corrected chi connectivity index (χ4v) is 3.26. The Balaban J connectivity index is 1.62. The van der Waals surface area contributed by atoms with Crippen molar-refractivity contribution >= 4 is 18.4 Å². The number of hydrogen-bond donors (Lipinski definition) is 1. The zero-order valence-corrected chi connectivity index (χ0v) is 17.4. The second kappa shape index (κ2) is 8.75. The summed E-state index contributed by atoms with van der Waals surface area (Å²) in [4.78, 5) is 0. The van der Waals surface area contributed by atoms with E-state index in [2.05, 4.69) is 39.6 Å². The van der Waals surface area contributed by atoms with Crippen LogP contribution in [0.25, 0.3) is 22.5 Å². The van der Waals surface area contributed by atoms with Crippen LogP contribution in [0.5, 0.6) is 11.5 Å². The number of rotatable bonds is 6. The zero-order valence-electron chi connectivity index (χ0n) is 16.6. The third-order valence-corrected chi connectivity index (χ3v) is 4.90. The van der Waals surface area contributed by atoms with Gasteiger partial charge in [-0.1, -0.05) is 54.6 Å². The van der Waals surface area contributed by atoms with Crippen LogP contribution in [0.2, 0.25) is 0 Å². The number of methoxy groups -OCH3 is 2. The van der Waals surface area contributed by atoms with E-state index in [9.17, 15) is 0 Å². The van der Waals surface area contributed by atoms with Crippen LogP contribution in [-0.4, -0.2) is 35.3 Å². The largest absolute Gasteiger partial charge is 0.493 e. The lowest BCUT2D eigenvalue weighted by molar-refractivity contribution is 0.355. The van der Waals surface area contributed by atoms with Gasteiger partial charge in [-0.3, -0.25) is 0 Å². The molecule has 3 aromatic carbocycles. The average Bonchev–Trinajstić information content (AvgIpc) is 3.18. The summed E-state index contributed by atoms with van der Waals surface area (Å²) in [6.07, 6.45) is 1.75. The van der Waals surface area contributed by atoms with Crippen LogP contribution in [-0.2, 0) is 0 Å². The molecule has 1 heterocycles. The van der Waals surface area contributed by atoms with Crippen molar-refractivity contribution in [2.75, 3.05) is 14.2 Å². The van der Waals surface area contributed by atoms with Gasteiger partial charge in [0, 0.05) is 5.56 Å². The standard InChI is InChI=1S/C23H20N4O2S/c1-28-20-13-12-19(14-21(20)29-2)22-25-26-23(30)27(22)24-15-16-8-10-18(11-9-16)17-6-4-3-5-7-17/h3-15H,1-2H3,(H,26,30)/b24-15+. The van der Waals surface area contributed by atoms with Crippen molar-refractivity contribution < 1.29 is 9.47 Å². The summed E-state index contributed by atoms with van der Waals surface area (Å²) in [6.45, 7) is 0. The minimum atomic E-state index is 0.400. The topological polar surface area (TPSA) is 64.4 Å². The SMILES string of the molecule is COc1ccc(-c2n[nH]c(=S)n2/N=C/c2ccc(-c3ccccc3)cc2)cc1OC. The molecule has 0 saturated carbocycles. The van der Waals surface area contributed by atoms with Crippen molar-refractivity contribution in [3.8, 4) is 34.0 Å². The van der Waals surface area contributed by atoms with Gasteiger partial charge in [0.05, 0.1) is 20.4 Å². The van der Waals surface area contributed by atoms with E-state index in [4.69, 9.17) is 21.7 Å². The maximum Gasteiger partial charge on any atom is 0.216 e. The molecule has 150 valence electrons. The van der Waals surface area contributed by atoms with Crippen LogP contribution in [0.4, 0.5) is 0 Å². The van der Waals surface area contributed by atoms with Gasteiger partial charge in [-0.15, -0.1) is 0 Å². The number of nitrogens with zero attached hydrogens (tertiary/aromatic N) is 3. The molecule has 0 amide bonds. The number of aromatic nitrogens is 3. The highest BCUT2D eigenvalue weighted by atomic mass is 32.1. The molecule has 4 aromatic rings. The summed E-state index contributed by atoms with van der Waals surface area (Å²) in [5.74, 6) is 1.83. The highest BCUT2D eigenvalue weighted by Crippen LogP contribution is 2.31. The molecule has 1 N–H and O–H groups in total. The van der Waals surface area contributed by atoms with Crippen molar-refractivity contribution in [1.82, 2.24) is 14.9 Å². The van der Waals surface area contributed by atoms with E-state index < -0.39 is 0 Å². The van der Waals surface area contributed by atoms with Gasteiger partial charge in [0.2, 0.25) is 4.77 Å². The Kier molecular flexibility index (Phi) is 5.72. The van der Waals surface area contributed by atoms with E-state index in [0.717, 1.165) is 16.7 Å². The number of ether oxygens (including phenoxy) is 2. The quantitative estimate of drug-likeness (QED) is 0.348. The van der Waals surface area contributed by atoms with Gasteiger partial charge in [-0.2, -0.15) is 14.9 Å². The normalized spacial score (nSPS) is 11.0. The Bertz CT molecular complexity index is 1230. The molecule has 0 aliphatic carbocycles. The van der Waals surface area contributed by atoms with Crippen molar-refractivity contribution in [1.29, 1.82) is 0 Å². The van der Waals surface area contributed by atoms with Crippen LogP contribution in [0.15, 0.2) is 77.9 Å². The van der Waals surface area contributed by atoms with Crippen molar-refractivity contribution in [2.45, 2.75) is 0 Å². The van der Waals surface area contributed by atoms with Crippen molar-refractivity contribution in [3.63, 3.8) is 0 Å². The van der Waals surface area contributed by atoms with Crippen LogP contribution < -0.4 is 9.47 Å². The molecule has 6 nitrogen and oxygen atoms in total. The Morgan fingerprint density at radius 3 is 2.23 bits per heavy atom. The molecule has 1 aromatic heterocycles. The first kappa shape index (κ1) is 19.6. The third kappa shape index (κ3) is 4.01. The van der Waals surface area contributed by atoms with Crippen molar-refractivity contribution in [2.24, 2.45) is 5.10 Å². The molecule has 0 radical (unpaired) electrons.